The van der Waals surface area contributed by atoms with E-state index in [4.69, 9.17) is 0 Å². The topological polar surface area (TPSA) is 50.9 Å². The molecular weight excluding hydrogens is 190 g/mol. The molecule has 0 radical (unpaired) electrons. The van der Waals surface area contributed by atoms with Crippen LogP contribution in [0, 0.1) is 6.92 Å². The van der Waals surface area contributed by atoms with Crippen LogP contribution in [0.4, 0.5) is 0 Å². The van der Waals surface area contributed by atoms with E-state index < -0.39 is 6.10 Å². The Bertz CT molecular complexity index is 450. The van der Waals surface area contributed by atoms with Gasteiger partial charge in [0.2, 0.25) is 0 Å². The van der Waals surface area contributed by atoms with Crippen molar-refractivity contribution in [1.29, 1.82) is 0 Å². The average molecular weight is 203 g/mol. The Hall–Kier alpha value is -1.68. The van der Waals surface area contributed by atoms with Crippen LogP contribution in [0.2, 0.25) is 0 Å². The molecule has 15 heavy (non-hydrogen) atoms. The van der Waals surface area contributed by atoms with Gasteiger partial charge in [-0.25, -0.2) is 0 Å². The molecule has 0 aliphatic carbocycles. The number of rotatable bonds is 2. The maximum atomic E-state index is 10.1. The molecule has 0 saturated carbocycles. The van der Waals surface area contributed by atoms with Crippen LogP contribution in [-0.4, -0.2) is 19.9 Å². The SMILES string of the molecule is Cc1cc(C(O)c2ccccn2)n(C)n1. The van der Waals surface area contributed by atoms with E-state index in [1.807, 2.05) is 32.2 Å². The average Bonchev–Trinajstić information content (AvgIpc) is 2.58. The Morgan fingerprint density at radius 3 is 2.73 bits per heavy atom. The molecule has 78 valence electrons. The smallest absolute Gasteiger partial charge is 0.137 e. The summed E-state index contributed by atoms with van der Waals surface area (Å²) in [6, 6.07) is 7.34. The zero-order valence-electron chi connectivity index (χ0n) is 8.75. The van der Waals surface area contributed by atoms with Gasteiger partial charge in [-0.3, -0.25) is 9.67 Å². The van der Waals surface area contributed by atoms with Crippen LogP contribution in [0.5, 0.6) is 0 Å². The predicted molar refractivity (Wildman–Crippen MR) is 56.2 cm³/mol. The molecule has 0 aliphatic heterocycles. The summed E-state index contributed by atoms with van der Waals surface area (Å²) in [4.78, 5) is 4.11. The fraction of sp³-hybridized carbons (Fsp3) is 0.273. The summed E-state index contributed by atoms with van der Waals surface area (Å²) < 4.78 is 1.68. The van der Waals surface area contributed by atoms with E-state index in [0.29, 0.717) is 5.69 Å². The normalized spacial score (nSPS) is 12.7. The Labute approximate surface area is 88.2 Å². The van der Waals surface area contributed by atoms with Gasteiger partial charge in [-0.15, -0.1) is 0 Å². The minimum Gasteiger partial charge on any atom is -0.380 e. The molecule has 2 heterocycles. The molecule has 0 bridgehead atoms. The van der Waals surface area contributed by atoms with Gasteiger partial charge in [-0.1, -0.05) is 6.07 Å². The van der Waals surface area contributed by atoms with Gasteiger partial charge >= 0.3 is 0 Å². The molecule has 2 rings (SSSR count). The summed E-state index contributed by atoms with van der Waals surface area (Å²) >= 11 is 0. The molecule has 4 nitrogen and oxygen atoms in total. The molecule has 0 aromatic carbocycles. The van der Waals surface area contributed by atoms with Gasteiger partial charge in [-0.05, 0) is 25.1 Å². The van der Waals surface area contributed by atoms with E-state index in [-0.39, 0.29) is 0 Å². The van der Waals surface area contributed by atoms with Gasteiger partial charge in [0, 0.05) is 13.2 Å². The summed E-state index contributed by atoms with van der Waals surface area (Å²) in [6.45, 7) is 1.90. The van der Waals surface area contributed by atoms with Gasteiger partial charge in [0.15, 0.2) is 0 Å². The van der Waals surface area contributed by atoms with E-state index in [1.165, 1.54) is 0 Å². The molecule has 0 saturated heterocycles. The highest BCUT2D eigenvalue weighted by molar-refractivity contribution is 5.21. The number of aromatic nitrogens is 3. The Balaban J connectivity index is 2.36. The fourth-order valence-electron chi connectivity index (χ4n) is 1.58. The molecule has 0 amide bonds. The second-order valence-electron chi connectivity index (χ2n) is 3.49. The summed E-state index contributed by atoms with van der Waals surface area (Å²) in [5.74, 6) is 0. The van der Waals surface area contributed by atoms with E-state index in [0.717, 1.165) is 11.4 Å². The number of nitrogens with zero attached hydrogens (tertiary/aromatic N) is 3. The van der Waals surface area contributed by atoms with Crippen molar-refractivity contribution in [2.45, 2.75) is 13.0 Å². The molecule has 1 N–H and O–H groups in total. The molecule has 4 heteroatoms. The lowest BCUT2D eigenvalue weighted by atomic mass is 10.1. The van der Waals surface area contributed by atoms with E-state index >= 15 is 0 Å². The molecule has 2 aromatic rings. The highest BCUT2D eigenvalue weighted by Crippen LogP contribution is 2.19. The third-order valence-electron chi connectivity index (χ3n) is 2.29. The van der Waals surface area contributed by atoms with Crippen molar-refractivity contribution in [2.24, 2.45) is 7.05 Å². The van der Waals surface area contributed by atoms with Crippen molar-refractivity contribution in [1.82, 2.24) is 14.8 Å². The van der Waals surface area contributed by atoms with E-state index in [9.17, 15) is 5.11 Å². The summed E-state index contributed by atoms with van der Waals surface area (Å²) in [7, 11) is 1.81. The minimum atomic E-state index is -0.711. The fourth-order valence-corrected chi connectivity index (χ4v) is 1.58. The Morgan fingerprint density at radius 1 is 1.40 bits per heavy atom. The molecule has 0 aliphatic rings. The summed E-state index contributed by atoms with van der Waals surface area (Å²) in [6.07, 6.45) is 0.958. The maximum Gasteiger partial charge on any atom is 0.137 e. The van der Waals surface area contributed by atoms with Crippen molar-refractivity contribution in [3.8, 4) is 0 Å². The number of aliphatic hydroxyl groups is 1. The largest absolute Gasteiger partial charge is 0.380 e. The van der Waals surface area contributed by atoms with Crippen LogP contribution in [-0.2, 0) is 7.05 Å². The van der Waals surface area contributed by atoms with E-state index in [2.05, 4.69) is 10.1 Å². The van der Waals surface area contributed by atoms with Crippen LogP contribution in [0.25, 0.3) is 0 Å². The Kier molecular flexibility index (Phi) is 2.51. The standard InChI is InChI=1S/C11H13N3O/c1-8-7-10(14(2)13-8)11(15)9-5-3-4-6-12-9/h3-7,11,15H,1-2H3. The first-order valence-corrected chi connectivity index (χ1v) is 4.78. The van der Waals surface area contributed by atoms with Crippen molar-refractivity contribution in [3.05, 3.63) is 47.5 Å². The van der Waals surface area contributed by atoms with Gasteiger partial charge in [-0.2, -0.15) is 5.10 Å². The van der Waals surface area contributed by atoms with E-state index in [1.54, 1.807) is 16.9 Å². The van der Waals surface area contributed by atoms with Crippen molar-refractivity contribution in [2.75, 3.05) is 0 Å². The van der Waals surface area contributed by atoms with Crippen LogP contribution < -0.4 is 0 Å². The number of hydrogen-bond acceptors (Lipinski definition) is 3. The lowest BCUT2D eigenvalue weighted by molar-refractivity contribution is 0.205. The zero-order valence-corrected chi connectivity index (χ0v) is 8.75. The number of hydrogen-bond donors (Lipinski definition) is 1. The number of pyridine rings is 1. The van der Waals surface area contributed by atoms with Gasteiger partial charge in [0.1, 0.15) is 6.10 Å². The minimum absolute atomic E-state index is 0.639. The lowest BCUT2D eigenvalue weighted by Crippen LogP contribution is -2.07. The third-order valence-corrected chi connectivity index (χ3v) is 2.29. The van der Waals surface area contributed by atoms with Gasteiger partial charge < -0.3 is 5.11 Å². The monoisotopic (exact) mass is 203 g/mol. The molecule has 0 fully saturated rings. The number of aryl methyl sites for hydroxylation is 2. The van der Waals surface area contributed by atoms with Crippen molar-refractivity contribution < 1.29 is 5.11 Å². The van der Waals surface area contributed by atoms with Crippen LogP contribution in [0.3, 0.4) is 0 Å². The molecule has 1 unspecified atom stereocenters. The van der Waals surface area contributed by atoms with Crippen LogP contribution in [0.15, 0.2) is 30.5 Å². The highest BCUT2D eigenvalue weighted by Gasteiger charge is 2.15. The molecular formula is C11H13N3O. The maximum absolute atomic E-state index is 10.1. The van der Waals surface area contributed by atoms with Crippen molar-refractivity contribution in [3.63, 3.8) is 0 Å². The second kappa shape index (κ2) is 3.82. The summed E-state index contributed by atoms with van der Waals surface area (Å²) in [5.41, 5.74) is 2.29. The van der Waals surface area contributed by atoms with Gasteiger partial charge in [0.05, 0.1) is 17.1 Å². The molecule has 1 atom stereocenters. The summed E-state index contributed by atoms with van der Waals surface area (Å²) in [5, 5.41) is 14.2. The molecule has 0 spiro atoms. The van der Waals surface area contributed by atoms with Crippen LogP contribution >= 0.6 is 0 Å². The number of aliphatic hydroxyl groups excluding tert-OH is 1. The highest BCUT2D eigenvalue weighted by atomic mass is 16.3. The van der Waals surface area contributed by atoms with Crippen LogP contribution in [0.1, 0.15) is 23.2 Å². The van der Waals surface area contributed by atoms with Crippen molar-refractivity contribution >= 4 is 0 Å². The lowest BCUT2D eigenvalue weighted by Gasteiger charge is -2.09. The van der Waals surface area contributed by atoms with Gasteiger partial charge in [0.25, 0.3) is 0 Å². The zero-order chi connectivity index (χ0) is 10.8. The first-order valence-electron chi connectivity index (χ1n) is 4.78. The quantitative estimate of drug-likeness (QED) is 0.798. The first-order chi connectivity index (χ1) is 7.18. The third kappa shape index (κ3) is 1.89. The second-order valence-corrected chi connectivity index (χ2v) is 3.49. The predicted octanol–water partition coefficient (Wildman–Crippen LogP) is 1.21. The Morgan fingerprint density at radius 2 is 2.20 bits per heavy atom. The first kappa shape index (κ1) is 9.86. The molecule has 2 aromatic heterocycles.